The first-order chi connectivity index (χ1) is 13.5. The number of piperidine rings is 1. The maximum absolute atomic E-state index is 12.8. The van der Waals surface area contributed by atoms with Gasteiger partial charge in [-0.1, -0.05) is 30.3 Å². The summed E-state index contributed by atoms with van der Waals surface area (Å²) in [4.78, 5) is 40.5. The summed E-state index contributed by atoms with van der Waals surface area (Å²) in [6.07, 6.45) is 5.05. The summed E-state index contributed by atoms with van der Waals surface area (Å²) in [6.45, 7) is 1.88. The number of amides is 2. The van der Waals surface area contributed by atoms with Gasteiger partial charge in [-0.15, -0.1) is 0 Å². The lowest BCUT2D eigenvalue weighted by atomic mass is 9.76. The zero-order valence-electron chi connectivity index (χ0n) is 16.2. The number of hydrogen-bond acceptors (Lipinski definition) is 3. The van der Waals surface area contributed by atoms with Gasteiger partial charge >= 0.3 is 5.97 Å². The molecule has 3 fully saturated rings. The standard InChI is InChI=1S/C22H28N2O4/c25-19(9-6-16-4-2-1-3-5-16)24-15-22(14-18(24)21(27)28)10-12-23(13-11-22)20(26)17-7-8-17/h1-5,17-18H,6-15H2,(H,27,28)/t18-/m0/s1. The molecule has 2 amide bonds. The van der Waals surface area contributed by atoms with Crippen LogP contribution in [0.1, 0.15) is 44.1 Å². The van der Waals surface area contributed by atoms with Gasteiger partial charge in [0.1, 0.15) is 6.04 Å². The van der Waals surface area contributed by atoms with Crippen molar-refractivity contribution in [3.05, 3.63) is 35.9 Å². The summed E-state index contributed by atoms with van der Waals surface area (Å²) in [6, 6.07) is 9.06. The molecule has 3 aliphatic rings. The average molecular weight is 384 g/mol. The van der Waals surface area contributed by atoms with E-state index < -0.39 is 12.0 Å². The molecule has 1 N–H and O–H groups in total. The van der Waals surface area contributed by atoms with E-state index in [-0.39, 0.29) is 23.1 Å². The summed E-state index contributed by atoms with van der Waals surface area (Å²) in [7, 11) is 0. The van der Waals surface area contributed by atoms with Crippen LogP contribution in [-0.4, -0.2) is 58.4 Å². The molecule has 0 unspecified atom stereocenters. The minimum Gasteiger partial charge on any atom is -0.480 e. The van der Waals surface area contributed by atoms with Crippen LogP contribution in [0.25, 0.3) is 0 Å². The fraction of sp³-hybridized carbons (Fsp3) is 0.591. The second-order valence-electron chi connectivity index (χ2n) is 8.66. The lowest BCUT2D eigenvalue weighted by Gasteiger charge is -2.39. The van der Waals surface area contributed by atoms with Crippen molar-refractivity contribution >= 4 is 17.8 Å². The van der Waals surface area contributed by atoms with E-state index in [1.165, 1.54) is 0 Å². The first-order valence-corrected chi connectivity index (χ1v) is 10.3. The van der Waals surface area contributed by atoms with E-state index in [1.807, 2.05) is 35.2 Å². The largest absolute Gasteiger partial charge is 0.480 e. The number of hydrogen-bond donors (Lipinski definition) is 1. The summed E-state index contributed by atoms with van der Waals surface area (Å²) in [5.74, 6) is -0.509. The maximum atomic E-state index is 12.8. The number of carboxylic acid groups (broad SMARTS) is 1. The van der Waals surface area contributed by atoms with E-state index in [0.717, 1.165) is 31.2 Å². The van der Waals surface area contributed by atoms with E-state index in [2.05, 4.69) is 0 Å². The highest BCUT2D eigenvalue weighted by molar-refractivity contribution is 5.85. The monoisotopic (exact) mass is 384 g/mol. The summed E-state index contributed by atoms with van der Waals surface area (Å²) >= 11 is 0. The molecule has 1 aliphatic carbocycles. The van der Waals surface area contributed by atoms with Gasteiger partial charge in [-0.3, -0.25) is 9.59 Å². The molecule has 0 radical (unpaired) electrons. The Kier molecular flexibility index (Phi) is 5.13. The third-order valence-electron chi connectivity index (χ3n) is 6.65. The molecule has 0 aromatic heterocycles. The fourth-order valence-electron chi connectivity index (χ4n) is 4.73. The van der Waals surface area contributed by atoms with Gasteiger partial charge in [-0.05, 0) is 49.5 Å². The minimum absolute atomic E-state index is 0.0791. The molecule has 1 spiro atoms. The Hall–Kier alpha value is -2.37. The first kappa shape index (κ1) is 19.0. The Labute approximate surface area is 165 Å². The number of aryl methyl sites for hydroxylation is 1. The molecular formula is C22H28N2O4. The third kappa shape index (κ3) is 3.91. The summed E-state index contributed by atoms with van der Waals surface area (Å²) < 4.78 is 0. The number of likely N-dealkylation sites (tertiary alicyclic amines) is 2. The van der Waals surface area contributed by atoms with Gasteiger partial charge < -0.3 is 14.9 Å². The SMILES string of the molecule is O=C(O)[C@@H]1CC2(CCN(C(=O)C3CC3)CC2)CN1C(=O)CCc1ccccc1. The molecule has 1 saturated carbocycles. The zero-order valence-corrected chi connectivity index (χ0v) is 16.2. The maximum Gasteiger partial charge on any atom is 0.326 e. The van der Waals surface area contributed by atoms with Crippen LogP contribution in [0.2, 0.25) is 0 Å². The Balaban J connectivity index is 1.38. The van der Waals surface area contributed by atoms with Crippen molar-refractivity contribution in [2.45, 2.75) is 51.0 Å². The molecular weight excluding hydrogens is 356 g/mol. The zero-order chi connectivity index (χ0) is 19.7. The second kappa shape index (κ2) is 7.57. The molecule has 2 saturated heterocycles. The Morgan fingerprint density at radius 2 is 1.75 bits per heavy atom. The third-order valence-corrected chi connectivity index (χ3v) is 6.65. The predicted octanol–water partition coefficient (Wildman–Crippen LogP) is 2.32. The highest BCUT2D eigenvalue weighted by atomic mass is 16.4. The average Bonchev–Trinajstić information content (AvgIpc) is 3.49. The number of carbonyl (C=O) groups excluding carboxylic acids is 2. The Bertz CT molecular complexity index is 751. The van der Waals surface area contributed by atoms with Crippen molar-refractivity contribution in [2.24, 2.45) is 11.3 Å². The quantitative estimate of drug-likeness (QED) is 0.845. The number of rotatable bonds is 5. The minimum atomic E-state index is -0.915. The number of carboxylic acids is 1. The van der Waals surface area contributed by atoms with Crippen LogP contribution in [0.15, 0.2) is 30.3 Å². The van der Waals surface area contributed by atoms with Gasteiger partial charge in [-0.2, -0.15) is 0 Å². The van der Waals surface area contributed by atoms with Crippen LogP contribution in [0.5, 0.6) is 0 Å². The van der Waals surface area contributed by atoms with E-state index in [4.69, 9.17) is 0 Å². The molecule has 1 aromatic rings. The lowest BCUT2D eigenvalue weighted by Crippen LogP contribution is -2.45. The molecule has 6 heteroatoms. The van der Waals surface area contributed by atoms with E-state index in [0.29, 0.717) is 38.9 Å². The van der Waals surface area contributed by atoms with Gasteiger partial charge in [-0.25, -0.2) is 4.79 Å². The topological polar surface area (TPSA) is 77.9 Å². The van der Waals surface area contributed by atoms with Crippen LogP contribution < -0.4 is 0 Å². The van der Waals surface area contributed by atoms with E-state index >= 15 is 0 Å². The molecule has 1 aromatic carbocycles. The number of benzene rings is 1. The molecule has 6 nitrogen and oxygen atoms in total. The molecule has 4 rings (SSSR count). The van der Waals surface area contributed by atoms with Gasteiger partial charge in [0.25, 0.3) is 0 Å². The molecule has 2 heterocycles. The van der Waals surface area contributed by atoms with Gasteiger partial charge in [0.2, 0.25) is 11.8 Å². The van der Waals surface area contributed by atoms with Gasteiger partial charge in [0, 0.05) is 32.0 Å². The van der Waals surface area contributed by atoms with Crippen molar-refractivity contribution in [2.75, 3.05) is 19.6 Å². The summed E-state index contributed by atoms with van der Waals surface area (Å²) in [5.41, 5.74) is 0.926. The smallest absolute Gasteiger partial charge is 0.326 e. The number of aliphatic carboxylic acids is 1. The molecule has 28 heavy (non-hydrogen) atoms. The molecule has 0 bridgehead atoms. The number of carbonyl (C=O) groups is 3. The highest BCUT2D eigenvalue weighted by Gasteiger charge is 2.50. The molecule has 1 atom stereocenters. The Morgan fingerprint density at radius 1 is 1.07 bits per heavy atom. The van der Waals surface area contributed by atoms with E-state index in [1.54, 1.807) is 4.90 Å². The van der Waals surface area contributed by atoms with Crippen LogP contribution >= 0.6 is 0 Å². The van der Waals surface area contributed by atoms with Crippen molar-refractivity contribution in [1.82, 2.24) is 9.80 Å². The number of nitrogens with zero attached hydrogens (tertiary/aromatic N) is 2. The summed E-state index contributed by atoms with van der Waals surface area (Å²) in [5, 5.41) is 9.69. The van der Waals surface area contributed by atoms with Crippen molar-refractivity contribution in [3.8, 4) is 0 Å². The molecule has 150 valence electrons. The van der Waals surface area contributed by atoms with Crippen LogP contribution in [0.4, 0.5) is 0 Å². The van der Waals surface area contributed by atoms with Crippen molar-refractivity contribution in [1.29, 1.82) is 0 Å². The fourth-order valence-corrected chi connectivity index (χ4v) is 4.73. The van der Waals surface area contributed by atoms with Crippen LogP contribution in [0.3, 0.4) is 0 Å². The second-order valence-corrected chi connectivity index (χ2v) is 8.66. The lowest BCUT2D eigenvalue weighted by molar-refractivity contribution is -0.148. The Morgan fingerprint density at radius 3 is 2.36 bits per heavy atom. The van der Waals surface area contributed by atoms with Crippen molar-refractivity contribution < 1.29 is 19.5 Å². The van der Waals surface area contributed by atoms with Crippen LogP contribution in [-0.2, 0) is 20.8 Å². The van der Waals surface area contributed by atoms with Gasteiger partial charge in [0.15, 0.2) is 0 Å². The van der Waals surface area contributed by atoms with Crippen molar-refractivity contribution in [3.63, 3.8) is 0 Å². The first-order valence-electron chi connectivity index (χ1n) is 10.3. The van der Waals surface area contributed by atoms with E-state index in [9.17, 15) is 19.5 Å². The predicted molar refractivity (Wildman–Crippen MR) is 103 cm³/mol. The molecule has 2 aliphatic heterocycles. The van der Waals surface area contributed by atoms with Gasteiger partial charge in [0.05, 0.1) is 0 Å². The highest BCUT2D eigenvalue weighted by Crippen LogP contribution is 2.44. The normalized spacial score (nSPS) is 23.8. The van der Waals surface area contributed by atoms with Crippen LogP contribution in [0, 0.1) is 11.3 Å².